The fraction of sp³-hybridized carbons (Fsp3) is 0.286. The Bertz CT molecular complexity index is 634. The number of thiazole rings is 1. The van der Waals surface area contributed by atoms with Crippen molar-refractivity contribution in [3.63, 3.8) is 0 Å². The summed E-state index contributed by atoms with van der Waals surface area (Å²) in [6, 6.07) is 7.57. The van der Waals surface area contributed by atoms with Crippen LogP contribution in [-0.2, 0) is 5.41 Å². The number of aromatic carboxylic acids is 1. The van der Waals surface area contributed by atoms with Crippen LogP contribution in [0.25, 0.3) is 0 Å². The molecule has 0 amide bonds. The second-order valence-corrected chi connectivity index (χ2v) is 6.31. The molecule has 0 aliphatic heterocycles. The molecule has 1 N–H and O–H groups in total. The third-order valence-corrected chi connectivity index (χ3v) is 4.78. The fourth-order valence-electron chi connectivity index (χ4n) is 1.86. The number of aromatic nitrogens is 1. The minimum Gasteiger partial charge on any atom is -0.477 e. The Balaban J connectivity index is 2.50. The van der Waals surface area contributed by atoms with Crippen molar-refractivity contribution in [3.05, 3.63) is 50.4 Å². The number of nitrogens with zero attached hydrogens (tertiary/aromatic N) is 1. The highest BCUT2D eigenvalue weighted by Crippen LogP contribution is 2.36. The Morgan fingerprint density at radius 2 is 2.11 bits per heavy atom. The molecule has 0 atom stereocenters. The number of carboxylic acids is 1. The number of halogens is 1. The molecule has 0 saturated heterocycles. The Kier molecular flexibility index (Phi) is 3.65. The van der Waals surface area contributed by atoms with Crippen LogP contribution in [0.1, 0.15) is 39.8 Å². The van der Waals surface area contributed by atoms with Crippen molar-refractivity contribution in [1.29, 1.82) is 0 Å². The van der Waals surface area contributed by atoms with Crippen LogP contribution in [0.15, 0.2) is 24.3 Å². The van der Waals surface area contributed by atoms with Gasteiger partial charge in [0, 0.05) is 10.4 Å². The van der Waals surface area contributed by atoms with Crippen LogP contribution in [0.2, 0.25) is 5.02 Å². The monoisotopic (exact) mass is 295 g/mol. The van der Waals surface area contributed by atoms with Crippen molar-refractivity contribution in [2.75, 3.05) is 0 Å². The summed E-state index contributed by atoms with van der Waals surface area (Å²) in [5.74, 6) is -0.928. The highest BCUT2D eigenvalue weighted by Gasteiger charge is 2.29. The molecule has 0 aliphatic rings. The molecule has 1 heterocycles. The third-order valence-electron chi connectivity index (χ3n) is 3.07. The maximum absolute atomic E-state index is 11.1. The van der Waals surface area contributed by atoms with Crippen LogP contribution < -0.4 is 0 Å². The van der Waals surface area contributed by atoms with Crippen LogP contribution >= 0.6 is 22.9 Å². The molecule has 100 valence electrons. The van der Waals surface area contributed by atoms with E-state index in [0.29, 0.717) is 15.6 Å². The van der Waals surface area contributed by atoms with Crippen LogP contribution in [0.4, 0.5) is 0 Å². The molecule has 5 heteroatoms. The van der Waals surface area contributed by atoms with Crippen molar-refractivity contribution in [3.8, 4) is 0 Å². The van der Waals surface area contributed by atoms with Crippen molar-refractivity contribution in [2.45, 2.75) is 26.2 Å². The summed E-state index contributed by atoms with van der Waals surface area (Å²) >= 11 is 7.24. The van der Waals surface area contributed by atoms with Gasteiger partial charge in [-0.2, -0.15) is 0 Å². The molecular weight excluding hydrogens is 282 g/mol. The zero-order valence-corrected chi connectivity index (χ0v) is 12.5. The number of aryl methyl sites for hydroxylation is 1. The predicted octanol–water partition coefficient (Wildman–Crippen LogP) is 4.13. The lowest BCUT2D eigenvalue weighted by molar-refractivity contribution is 0.0701. The highest BCUT2D eigenvalue weighted by atomic mass is 35.5. The number of benzene rings is 1. The van der Waals surface area contributed by atoms with Gasteiger partial charge >= 0.3 is 5.97 Å². The standard InChI is InChI=1S/C14H14ClNO2S/c1-8-11(12(17)18)19-13(16-8)14(2,3)9-5-4-6-10(15)7-9/h4-7H,1-3H3,(H,17,18). The Labute approximate surface area is 120 Å². The summed E-state index contributed by atoms with van der Waals surface area (Å²) in [7, 11) is 0. The first kappa shape index (κ1) is 14.0. The summed E-state index contributed by atoms with van der Waals surface area (Å²) in [4.78, 5) is 15.8. The minimum absolute atomic E-state index is 0.296. The lowest BCUT2D eigenvalue weighted by atomic mass is 9.85. The smallest absolute Gasteiger partial charge is 0.347 e. The van der Waals surface area contributed by atoms with E-state index in [1.807, 2.05) is 38.1 Å². The zero-order valence-electron chi connectivity index (χ0n) is 10.9. The Hall–Kier alpha value is -1.39. The van der Waals surface area contributed by atoms with Gasteiger partial charge < -0.3 is 5.11 Å². The second kappa shape index (κ2) is 4.94. The molecule has 0 radical (unpaired) electrons. The van der Waals surface area contributed by atoms with E-state index in [2.05, 4.69) is 4.98 Å². The van der Waals surface area contributed by atoms with Crippen molar-refractivity contribution >= 4 is 28.9 Å². The van der Waals surface area contributed by atoms with Gasteiger partial charge in [-0.25, -0.2) is 9.78 Å². The molecular formula is C14H14ClNO2S. The van der Waals surface area contributed by atoms with E-state index in [9.17, 15) is 4.79 Å². The number of carbonyl (C=O) groups is 1. The number of hydrogen-bond donors (Lipinski definition) is 1. The van der Waals surface area contributed by atoms with Crippen LogP contribution in [0.5, 0.6) is 0 Å². The largest absolute Gasteiger partial charge is 0.477 e. The molecule has 0 saturated carbocycles. The molecule has 1 aromatic carbocycles. The molecule has 2 rings (SSSR count). The van der Waals surface area contributed by atoms with E-state index in [1.54, 1.807) is 6.92 Å². The van der Waals surface area contributed by atoms with Crippen molar-refractivity contribution < 1.29 is 9.90 Å². The average molecular weight is 296 g/mol. The van der Waals surface area contributed by atoms with Crippen LogP contribution in [-0.4, -0.2) is 16.1 Å². The molecule has 0 spiro atoms. The van der Waals surface area contributed by atoms with Gasteiger partial charge in [-0.3, -0.25) is 0 Å². The Morgan fingerprint density at radius 3 is 2.63 bits per heavy atom. The zero-order chi connectivity index (χ0) is 14.2. The van der Waals surface area contributed by atoms with Gasteiger partial charge in [-0.15, -0.1) is 11.3 Å². The number of carboxylic acid groups (broad SMARTS) is 1. The van der Waals surface area contributed by atoms with Gasteiger partial charge in [0.05, 0.1) is 5.69 Å². The van der Waals surface area contributed by atoms with E-state index in [0.717, 1.165) is 10.6 Å². The van der Waals surface area contributed by atoms with Gasteiger partial charge in [0.25, 0.3) is 0 Å². The average Bonchev–Trinajstić information content (AvgIpc) is 2.72. The maximum atomic E-state index is 11.1. The first-order valence-electron chi connectivity index (χ1n) is 5.79. The molecule has 0 fully saturated rings. The lowest BCUT2D eigenvalue weighted by Crippen LogP contribution is -2.18. The van der Waals surface area contributed by atoms with Gasteiger partial charge in [-0.1, -0.05) is 23.7 Å². The van der Waals surface area contributed by atoms with Crippen molar-refractivity contribution in [1.82, 2.24) is 4.98 Å². The van der Waals surface area contributed by atoms with Gasteiger partial charge in [-0.05, 0) is 38.5 Å². The molecule has 0 bridgehead atoms. The molecule has 3 nitrogen and oxygen atoms in total. The van der Waals surface area contributed by atoms with E-state index >= 15 is 0 Å². The van der Waals surface area contributed by atoms with Gasteiger partial charge in [0.15, 0.2) is 0 Å². The summed E-state index contributed by atoms with van der Waals surface area (Å²) < 4.78 is 0. The van der Waals surface area contributed by atoms with Crippen LogP contribution in [0, 0.1) is 6.92 Å². The van der Waals surface area contributed by atoms with Crippen molar-refractivity contribution in [2.24, 2.45) is 0 Å². The molecule has 0 unspecified atom stereocenters. The normalized spacial score (nSPS) is 11.6. The first-order chi connectivity index (χ1) is 8.82. The molecule has 0 aliphatic carbocycles. The Morgan fingerprint density at radius 1 is 1.42 bits per heavy atom. The van der Waals surface area contributed by atoms with E-state index in [1.165, 1.54) is 11.3 Å². The lowest BCUT2D eigenvalue weighted by Gasteiger charge is -2.22. The summed E-state index contributed by atoms with van der Waals surface area (Å²) in [6.45, 7) is 5.75. The second-order valence-electron chi connectivity index (χ2n) is 4.87. The van der Waals surface area contributed by atoms with E-state index in [4.69, 9.17) is 16.7 Å². The van der Waals surface area contributed by atoms with E-state index < -0.39 is 5.97 Å². The molecule has 2 aromatic rings. The fourth-order valence-corrected chi connectivity index (χ4v) is 3.08. The summed E-state index contributed by atoms with van der Waals surface area (Å²) in [5, 5.41) is 10.6. The summed E-state index contributed by atoms with van der Waals surface area (Å²) in [5.41, 5.74) is 1.21. The van der Waals surface area contributed by atoms with Crippen LogP contribution in [0.3, 0.4) is 0 Å². The SMILES string of the molecule is Cc1nc(C(C)(C)c2cccc(Cl)c2)sc1C(=O)O. The van der Waals surface area contributed by atoms with E-state index in [-0.39, 0.29) is 5.41 Å². The molecule has 1 aromatic heterocycles. The number of rotatable bonds is 3. The third kappa shape index (κ3) is 2.65. The quantitative estimate of drug-likeness (QED) is 0.926. The topological polar surface area (TPSA) is 50.2 Å². The molecule has 19 heavy (non-hydrogen) atoms. The summed E-state index contributed by atoms with van der Waals surface area (Å²) in [6.07, 6.45) is 0. The minimum atomic E-state index is -0.928. The predicted molar refractivity (Wildman–Crippen MR) is 77.4 cm³/mol. The van der Waals surface area contributed by atoms with Gasteiger partial charge in [0.2, 0.25) is 0 Å². The highest BCUT2D eigenvalue weighted by molar-refractivity contribution is 7.13. The number of hydrogen-bond acceptors (Lipinski definition) is 3. The first-order valence-corrected chi connectivity index (χ1v) is 6.99. The van der Waals surface area contributed by atoms with Gasteiger partial charge in [0.1, 0.15) is 9.88 Å². The maximum Gasteiger partial charge on any atom is 0.347 e.